The van der Waals surface area contributed by atoms with Gasteiger partial charge in [0.15, 0.2) is 0 Å². The van der Waals surface area contributed by atoms with Gasteiger partial charge in [-0.1, -0.05) is 6.42 Å². The summed E-state index contributed by atoms with van der Waals surface area (Å²) in [5.41, 5.74) is 6.32. The molecule has 1 amide bonds. The van der Waals surface area contributed by atoms with Crippen LogP contribution in [0.5, 0.6) is 0 Å². The van der Waals surface area contributed by atoms with Gasteiger partial charge in [0, 0.05) is 25.0 Å². The molecule has 3 fully saturated rings. The lowest BCUT2D eigenvalue weighted by Gasteiger charge is -2.45. The van der Waals surface area contributed by atoms with E-state index in [1.54, 1.807) is 0 Å². The van der Waals surface area contributed by atoms with Crippen LogP contribution < -0.4 is 5.73 Å². The molecule has 21 heavy (non-hydrogen) atoms. The Morgan fingerprint density at radius 2 is 1.62 bits per heavy atom. The van der Waals surface area contributed by atoms with E-state index in [1.807, 2.05) is 4.90 Å². The average molecular weight is 317 g/mol. The van der Waals surface area contributed by atoms with Crippen LogP contribution in [0.25, 0.3) is 0 Å². The number of ether oxygens (including phenoxy) is 1. The number of fused-ring (bicyclic) bond motifs is 2. The first-order valence-corrected chi connectivity index (χ1v) is 8.24. The number of hydrogen-bond acceptors (Lipinski definition) is 3. The van der Waals surface area contributed by atoms with Crippen molar-refractivity contribution in [2.24, 2.45) is 23.5 Å². The van der Waals surface area contributed by atoms with Crippen molar-refractivity contribution < 1.29 is 9.53 Å². The van der Waals surface area contributed by atoms with E-state index in [-0.39, 0.29) is 30.5 Å². The molecule has 2 aliphatic carbocycles. The van der Waals surface area contributed by atoms with Gasteiger partial charge in [-0.15, -0.1) is 12.4 Å². The minimum Gasteiger partial charge on any atom is -0.372 e. The van der Waals surface area contributed by atoms with Gasteiger partial charge in [0.05, 0.1) is 12.2 Å². The average Bonchev–Trinajstić information content (AvgIpc) is 2.36. The smallest absolute Gasteiger partial charge is 0.225 e. The fourth-order valence-corrected chi connectivity index (χ4v) is 4.61. The van der Waals surface area contributed by atoms with Gasteiger partial charge in [-0.25, -0.2) is 0 Å². The summed E-state index contributed by atoms with van der Waals surface area (Å²) < 4.78 is 5.73. The highest BCUT2D eigenvalue weighted by Gasteiger charge is 2.42. The highest BCUT2D eigenvalue weighted by Crippen LogP contribution is 2.42. The number of hydrogen-bond donors (Lipinski definition) is 1. The van der Waals surface area contributed by atoms with Crippen LogP contribution in [-0.4, -0.2) is 42.1 Å². The van der Waals surface area contributed by atoms with Crippen LogP contribution in [0, 0.1) is 17.8 Å². The Balaban J connectivity index is 0.00000161. The topological polar surface area (TPSA) is 55.6 Å². The third-order valence-electron chi connectivity index (χ3n) is 5.49. The maximum Gasteiger partial charge on any atom is 0.225 e. The summed E-state index contributed by atoms with van der Waals surface area (Å²) in [4.78, 5) is 14.8. The standard InChI is InChI=1S/C16H28N2O2.ClH/c1-10-8-18(9-11(2)20-10)16(19)14-6-12-4-3-5-13(7-14)15(12)17;/h10-15H,3-9,17H2,1-2H3;1H/t10-,11+,12?,13?,14?,15?;. The van der Waals surface area contributed by atoms with Crippen LogP contribution in [-0.2, 0) is 9.53 Å². The van der Waals surface area contributed by atoms with Gasteiger partial charge in [0.2, 0.25) is 5.91 Å². The Kier molecular flexibility index (Phi) is 5.55. The van der Waals surface area contributed by atoms with Crippen LogP contribution in [0.1, 0.15) is 46.0 Å². The first-order valence-electron chi connectivity index (χ1n) is 8.24. The van der Waals surface area contributed by atoms with E-state index in [0.29, 0.717) is 23.8 Å². The van der Waals surface area contributed by atoms with E-state index < -0.39 is 0 Å². The molecule has 4 nitrogen and oxygen atoms in total. The van der Waals surface area contributed by atoms with Gasteiger partial charge < -0.3 is 15.4 Å². The first kappa shape index (κ1) is 17.0. The number of nitrogens with zero attached hydrogens (tertiary/aromatic N) is 1. The molecular formula is C16H29ClN2O2. The van der Waals surface area contributed by atoms with Gasteiger partial charge in [0.25, 0.3) is 0 Å². The summed E-state index contributed by atoms with van der Waals surface area (Å²) in [6.45, 7) is 5.62. The molecule has 0 aromatic carbocycles. The quantitative estimate of drug-likeness (QED) is 0.807. The second-order valence-corrected chi connectivity index (χ2v) is 7.20. The molecule has 3 rings (SSSR count). The van der Waals surface area contributed by atoms with Crippen molar-refractivity contribution >= 4 is 18.3 Å². The number of halogens is 1. The zero-order chi connectivity index (χ0) is 14.3. The summed E-state index contributed by atoms with van der Waals surface area (Å²) in [6, 6.07) is 0.343. The van der Waals surface area contributed by atoms with Crippen LogP contribution >= 0.6 is 12.4 Å². The lowest BCUT2D eigenvalue weighted by molar-refractivity contribution is -0.150. The van der Waals surface area contributed by atoms with E-state index in [0.717, 1.165) is 25.9 Å². The molecular weight excluding hydrogens is 288 g/mol. The zero-order valence-electron chi connectivity index (χ0n) is 13.2. The Bertz CT molecular complexity index is 355. The summed E-state index contributed by atoms with van der Waals surface area (Å²) in [5, 5.41) is 0. The lowest BCUT2D eigenvalue weighted by Crippen LogP contribution is -2.53. The van der Waals surface area contributed by atoms with Gasteiger partial charge in [-0.05, 0) is 51.4 Å². The van der Waals surface area contributed by atoms with E-state index in [2.05, 4.69) is 13.8 Å². The summed E-state index contributed by atoms with van der Waals surface area (Å²) in [7, 11) is 0. The normalized spacial score (nSPS) is 43.1. The van der Waals surface area contributed by atoms with Gasteiger partial charge in [-0.2, -0.15) is 0 Å². The third-order valence-corrected chi connectivity index (χ3v) is 5.49. The molecule has 5 heteroatoms. The molecule has 1 heterocycles. The Morgan fingerprint density at radius 1 is 1.10 bits per heavy atom. The second-order valence-electron chi connectivity index (χ2n) is 7.20. The summed E-state index contributed by atoms with van der Waals surface area (Å²) >= 11 is 0. The molecule has 2 unspecified atom stereocenters. The van der Waals surface area contributed by atoms with Crippen molar-refractivity contribution in [1.82, 2.24) is 4.90 Å². The monoisotopic (exact) mass is 316 g/mol. The van der Waals surface area contributed by atoms with Crippen molar-refractivity contribution in [3.63, 3.8) is 0 Å². The third kappa shape index (κ3) is 3.54. The second kappa shape index (κ2) is 6.84. The number of morpholine rings is 1. The molecule has 1 aliphatic heterocycles. The van der Waals surface area contributed by atoms with Crippen molar-refractivity contribution in [2.45, 2.75) is 64.2 Å². The van der Waals surface area contributed by atoms with Gasteiger partial charge >= 0.3 is 0 Å². The van der Waals surface area contributed by atoms with E-state index >= 15 is 0 Å². The fourth-order valence-electron chi connectivity index (χ4n) is 4.61. The molecule has 3 aliphatic rings. The van der Waals surface area contributed by atoms with Crippen molar-refractivity contribution in [2.75, 3.05) is 13.1 Å². The maximum atomic E-state index is 12.8. The predicted octanol–water partition coefficient (Wildman–Crippen LogP) is 2.20. The maximum absolute atomic E-state index is 12.8. The van der Waals surface area contributed by atoms with Gasteiger partial charge in [0.1, 0.15) is 0 Å². The lowest BCUT2D eigenvalue weighted by atomic mass is 9.65. The van der Waals surface area contributed by atoms with Crippen LogP contribution in [0.3, 0.4) is 0 Å². The Labute approximate surface area is 134 Å². The molecule has 1 saturated heterocycles. The van der Waals surface area contributed by atoms with Crippen molar-refractivity contribution in [3.8, 4) is 0 Å². The molecule has 4 atom stereocenters. The molecule has 2 bridgehead atoms. The van der Waals surface area contributed by atoms with Gasteiger partial charge in [-0.3, -0.25) is 4.79 Å². The molecule has 122 valence electrons. The molecule has 2 N–H and O–H groups in total. The number of carbonyl (C=O) groups is 1. The summed E-state index contributed by atoms with van der Waals surface area (Å²) in [5.74, 6) is 1.72. The molecule has 0 spiro atoms. The Hall–Kier alpha value is -0.320. The molecule has 2 saturated carbocycles. The fraction of sp³-hybridized carbons (Fsp3) is 0.938. The summed E-state index contributed by atoms with van der Waals surface area (Å²) in [6.07, 6.45) is 6.08. The number of rotatable bonds is 1. The number of amides is 1. The largest absolute Gasteiger partial charge is 0.372 e. The van der Waals surface area contributed by atoms with Crippen LogP contribution in [0.4, 0.5) is 0 Å². The highest BCUT2D eigenvalue weighted by atomic mass is 35.5. The SMILES string of the molecule is C[C@@H]1CN(C(=O)C2CC3CCCC(C2)C3N)C[C@H](C)O1.Cl. The minimum absolute atomic E-state index is 0. The van der Waals surface area contributed by atoms with E-state index in [9.17, 15) is 4.79 Å². The van der Waals surface area contributed by atoms with E-state index in [4.69, 9.17) is 10.5 Å². The zero-order valence-corrected chi connectivity index (χ0v) is 14.0. The molecule has 0 radical (unpaired) electrons. The molecule has 0 aromatic heterocycles. The first-order chi connectivity index (χ1) is 9.54. The Morgan fingerprint density at radius 3 is 2.14 bits per heavy atom. The van der Waals surface area contributed by atoms with E-state index in [1.165, 1.54) is 19.3 Å². The van der Waals surface area contributed by atoms with Crippen LogP contribution in [0.2, 0.25) is 0 Å². The predicted molar refractivity (Wildman–Crippen MR) is 85.4 cm³/mol. The molecule has 0 aromatic rings. The van der Waals surface area contributed by atoms with Crippen LogP contribution in [0.15, 0.2) is 0 Å². The van der Waals surface area contributed by atoms with Crippen molar-refractivity contribution in [3.05, 3.63) is 0 Å². The number of carbonyl (C=O) groups excluding carboxylic acids is 1. The minimum atomic E-state index is 0. The van der Waals surface area contributed by atoms with Crippen molar-refractivity contribution in [1.29, 1.82) is 0 Å². The highest BCUT2D eigenvalue weighted by molar-refractivity contribution is 5.85. The number of nitrogens with two attached hydrogens (primary N) is 1.